The number of carboxylic acids is 1. The molecule has 0 atom stereocenters. The van der Waals surface area contributed by atoms with Crippen LogP contribution in [0, 0.1) is 13.8 Å². The largest absolute Gasteiger partial charge is 0.478 e. The molecule has 2 rings (SSSR count). The van der Waals surface area contributed by atoms with Crippen LogP contribution >= 0.6 is 62.3 Å². The maximum Gasteiger partial charge on any atom is 0.338 e. The first-order valence-electron chi connectivity index (χ1n) is 6.73. The molecule has 0 aliphatic rings. The molecule has 25 heavy (non-hydrogen) atoms. The Morgan fingerprint density at radius 1 is 0.920 bits per heavy atom. The lowest BCUT2D eigenvalue weighted by Gasteiger charge is -2.16. The highest BCUT2D eigenvalue weighted by molar-refractivity contribution is 9.10. The van der Waals surface area contributed by atoms with Crippen molar-refractivity contribution in [3.63, 3.8) is 0 Å². The third-order valence-electron chi connectivity index (χ3n) is 3.44. The lowest BCUT2D eigenvalue weighted by Crippen LogP contribution is -2.19. The van der Waals surface area contributed by atoms with Crippen LogP contribution in [0.3, 0.4) is 0 Å². The van der Waals surface area contributed by atoms with E-state index >= 15 is 0 Å². The summed E-state index contributed by atoms with van der Waals surface area (Å²) >= 11 is 27.3. The number of carbonyl (C=O) groups is 2. The number of hydrogen-bond donors (Lipinski definition) is 2. The molecule has 4 nitrogen and oxygen atoms in total. The molecule has 132 valence electrons. The van der Waals surface area contributed by atoms with Gasteiger partial charge in [0.05, 0.1) is 31.2 Å². The Hall–Kier alpha value is -0.980. The molecule has 0 saturated heterocycles. The van der Waals surface area contributed by atoms with Gasteiger partial charge in [-0.2, -0.15) is 0 Å². The van der Waals surface area contributed by atoms with Gasteiger partial charge in [0.1, 0.15) is 0 Å². The van der Waals surface area contributed by atoms with Gasteiger partial charge in [-0.25, -0.2) is 4.79 Å². The minimum Gasteiger partial charge on any atom is -0.478 e. The van der Waals surface area contributed by atoms with Gasteiger partial charge in [0.2, 0.25) is 0 Å². The normalized spacial score (nSPS) is 10.7. The van der Waals surface area contributed by atoms with E-state index in [0.29, 0.717) is 5.69 Å². The van der Waals surface area contributed by atoms with Crippen LogP contribution in [0.15, 0.2) is 16.6 Å². The van der Waals surface area contributed by atoms with Crippen LogP contribution in [0.5, 0.6) is 0 Å². The van der Waals surface area contributed by atoms with Gasteiger partial charge in [-0.05, 0) is 37.1 Å². The summed E-state index contributed by atoms with van der Waals surface area (Å²) in [6.07, 6.45) is 0. The second-order valence-electron chi connectivity index (χ2n) is 5.18. The number of aryl methyl sites for hydroxylation is 2. The first-order valence-corrected chi connectivity index (χ1v) is 9.04. The minimum atomic E-state index is -1.44. The number of benzene rings is 2. The molecule has 9 heteroatoms. The highest BCUT2D eigenvalue weighted by Crippen LogP contribution is 2.42. The summed E-state index contributed by atoms with van der Waals surface area (Å²) in [5.74, 6) is -2.20. The summed E-state index contributed by atoms with van der Waals surface area (Å²) < 4.78 is 0.849. The van der Waals surface area contributed by atoms with Crippen molar-refractivity contribution in [3.8, 4) is 0 Å². The number of carbonyl (C=O) groups excluding carboxylic acids is 1. The van der Waals surface area contributed by atoms with Crippen molar-refractivity contribution in [1.82, 2.24) is 0 Å². The van der Waals surface area contributed by atoms with E-state index in [0.717, 1.165) is 15.6 Å². The average Bonchev–Trinajstić information content (AvgIpc) is 2.51. The molecule has 2 aromatic rings. The SMILES string of the molecule is Cc1cc(Br)cc(C)c1NC(=O)c1c(Cl)c(Cl)c(Cl)c(Cl)c1C(=O)O. The number of aromatic carboxylic acids is 1. The monoisotopic (exact) mass is 483 g/mol. The number of carboxylic acid groups (broad SMARTS) is 1. The van der Waals surface area contributed by atoms with Crippen molar-refractivity contribution in [2.45, 2.75) is 13.8 Å². The molecular formula is C16H10BrCl4NO3. The van der Waals surface area contributed by atoms with E-state index in [-0.39, 0.29) is 25.7 Å². The molecule has 0 radical (unpaired) electrons. The number of rotatable bonds is 3. The number of hydrogen-bond acceptors (Lipinski definition) is 2. The summed E-state index contributed by atoms with van der Waals surface area (Å²) in [6, 6.07) is 3.62. The first kappa shape index (κ1) is 20.3. The highest BCUT2D eigenvalue weighted by atomic mass is 79.9. The van der Waals surface area contributed by atoms with Crippen LogP contribution in [0.2, 0.25) is 20.1 Å². The fourth-order valence-electron chi connectivity index (χ4n) is 2.33. The van der Waals surface area contributed by atoms with E-state index in [1.165, 1.54) is 0 Å². The first-order chi connectivity index (χ1) is 11.6. The molecule has 0 fully saturated rings. The molecule has 0 spiro atoms. The third kappa shape index (κ3) is 3.91. The maximum atomic E-state index is 12.7. The quantitative estimate of drug-likeness (QED) is 0.378. The predicted molar refractivity (Wildman–Crippen MR) is 105 cm³/mol. The lowest BCUT2D eigenvalue weighted by atomic mass is 10.0. The highest BCUT2D eigenvalue weighted by Gasteiger charge is 2.29. The molecular weight excluding hydrogens is 476 g/mol. The maximum absolute atomic E-state index is 12.7. The number of amides is 1. The summed E-state index contributed by atoms with van der Waals surface area (Å²) in [5, 5.41) is 11.0. The topological polar surface area (TPSA) is 66.4 Å². The van der Waals surface area contributed by atoms with Gasteiger partial charge in [0.25, 0.3) is 5.91 Å². The predicted octanol–water partition coefficient (Wildman–Crippen LogP) is 6.63. The van der Waals surface area contributed by atoms with E-state index in [2.05, 4.69) is 21.2 Å². The smallest absolute Gasteiger partial charge is 0.338 e. The molecule has 0 saturated carbocycles. The van der Waals surface area contributed by atoms with Crippen molar-refractivity contribution in [2.24, 2.45) is 0 Å². The fourth-order valence-corrected chi connectivity index (χ4v) is 4.04. The van der Waals surface area contributed by atoms with Crippen molar-refractivity contribution < 1.29 is 14.7 Å². The summed E-state index contributed by atoms with van der Waals surface area (Å²) in [5.41, 5.74) is 1.22. The van der Waals surface area contributed by atoms with E-state index < -0.39 is 17.4 Å². The zero-order valence-corrected chi connectivity index (χ0v) is 17.4. The van der Waals surface area contributed by atoms with E-state index in [1.54, 1.807) is 13.8 Å². The summed E-state index contributed by atoms with van der Waals surface area (Å²) in [7, 11) is 0. The van der Waals surface area contributed by atoms with Crippen LogP contribution in [0.25, 0.3) is 0 Å². The molecule has 0 aliphatic carbocycles. The van der Waals surface area contributed by atoms with Gasteiger partial charge in [0, 0.05) is 10.2 Å². The Morgan fingerprint density at radius 3 is 1.80 bits per heavy atom. The van der Waals surface area contributed by atoms with Crippen molar-refractivity contribution in [2.75, 3.05) is 5.32 Å². The average molecular weight is 486 g/mol. The minimum absolute atomic E-state index is 0.187. The number of nitrogens with one attached hydrogen (secondary N) is 1. The molecule has 0 aromatic heterocycles. The standard InChI is InChI=1S/C16H10BrCl4NO3/c1-5-3-7(17)4-6(2)14(5)22-15(23)8-9(16(24)25)11(19)13(21)12(20)10(8)18/h3-4H,1-2H3,(H,22,23)(H,24,25). The van der Waals surface area contributed by atoms with Crippen molar-refractivity contribution in [3.05, 3.63) is 58.9 Å². The van der Waals surface area contributed by atoms with E-state index in [9.17, 15) is 14.7 Å². The summed E-state index contributed by atoms with van der Waals surface area (Å²) in [4.78, 5) is 24.3. The number of anilines is 1. The Morgan fingerprint density at radius 2 is 1.36 bits per heavy atom. The van der Waals surface area contributed by atoms with Crippen LogP contribution in [0.4, 0.5) is 5.69 Å². The molecule has 1 amide bonds. The van der Waals surface area contributed by atoms with Crippen LogP contribution < -0.4 is 5.32 Å². The lowest BCUT2D eigenvalue weighted by molar-refractivity contribution is 0.0692. The zero-order valence-electron chi connectivity index (χ0n) is 12.8. The van der Waals surface area contributed by atoms with Gasteiger partial charge in [-0.3, -0.25) is 4.79 Å². The van der Waals surface area contributed by atoms with E-state index in [1.807, 2.05) is 12.1 Å². The molecule has 0 heterocycles. The Bertz CT molecular complexity index is 892. The fraction of sp³-hybridized carbons (Fsp3) is 0.125. The van der Waals surface area contributed by atoms with Crippen molar-refractivity contribution in [1.29, 1.82) is 0 Å². The van der Waals surface area contributed by atoms with Gasteiger partial charge in [-0.15, -0.1) is 0 Å². The number of halogens is 5. The van der Waals surface area contributed by atoms with Crippen LogP contribution in [-0.2, 0) is 0 Å². The van der Waals surface area contributed by atoms with Crippen LogP contribution in [0.1, 0.15) is 31.8 Å². The molecule has 0 unspecified atom stereocenters. The molecule has 0 bridgehead atoms. The Labute approximate surface area is 172 Å². The third-order valence-corrected chi connectivity index (χ3v) is 5.70. The van der Waals surface area contributed by atoms with E-state index in [4.69, 9.17) is 46.4 Å². The van der Waals surface area contributed by atoms with Gasteiger partial charge in [0.15, 0.2) is 0 Å². The Kier molecular flexibility index (Phi) is 6.28. The summed E-state index contributed by atoms with van der Waals surface area (Å²) in [6.45, 7) is 3.60. The van der Waals surface area contributed by atoms with Gasteiger partial charge in [-0.1, -0.05) is 62.3 Å². The second-order valence-corrected chi connectivity index (χ2v) is 7.61. The molecule has 0 aliphatic heterocycles. The second kappa shape index (κ2) is 7.72. The molecule has 2 N–H and O–H groups in total. The van der Waals surface area contributed by atoms with Crippen LogP contribution in [-0.4, -0.2) is 17.0 Å². The van der Waals surface area contributed by atoms with Gasteiger partial charge < -0.3 is 10.4 Å². The molecule has 2 aromatic carbocycles. The zero-order chi connectivity index (χ0) is 19.0. The van der Waals surface area contributed by atoms with Gasteiger partial charge >= 0.3 is 5.97 Å². The van der Waals surface area contributed by atoms with Crippen molar-refractivity contribution >= 4 is 79.9 Å². The Balaban J connectivity index is 2.63.